The number of hydrogen-bond donors (Lipinski definition) is 8. The van der Waals surface area contributed by atoms with Gasteiger partial charge in [0.2, 0.25) is 17.7 Å². The number of carboxylic acids is 2. The summed E-state index contributed by atoms with van der Waals surface area (Å²) in [6, 6.07) is -0.0855. The number of aliphatic hydroxyl groups is 1. The third kappa shape index (κ3) is 9.50. The largest absolute Gasteiger partial charge is 0.508 e. The van der Waals surface area contributed by atoms with Crippen LogP contribution in [0.15, 0.2) is 24.3 Å². The molecule has 0 bridgehead atoms. The Labute approximate surface area is 208 Å². The lowest BCUT2D eigenvalue weighted by Crippen LogP contribution is -2.60. The standard InChI is InChI=1S/C23H34N4O9/c1-4-11(2)18(24)21(33)25-15(10-17(30)31)20(32)27-19(12(3)28)22(34)26-16(23(35)36)9-13-5-7-14(29)8-6-13/h5-8,11-12,15-16,18-19,28-29H,4,9-10,24H2,1-3H3,(H,25,33)(H,26,34)(H,27,32)(H,30,31)(H,35,36). The molecule has 1 rings (SSSR count). The summed E-state index contributed by atoms with van der Waals surface area (Å²) in [4.78, 5) is 60.9. The molecule has 13 nitrogen and oxygen atoms in total. The van der Waals surface area contributed by atoms with Crippen molar-refractivity contribution in [1.29, 1.82) is 0 Å². The van der Waals surface area contributed by atoms with E-state index in [4.69, 9.17) is 10.8 Å². The van der Waals surface area contributed by atoms with Crippen molar-refractivity contribution in [2.24, 2.45) is 11.7 Å². The normalized spacial score (nSPS) is 15.9. The maximum Gasteiger partial charge on any atom is 0.326 e. The predicted molar refractivity (Wildman–Crippen MR) is 127 cm³/mol. The van der Waals surface area contributed by atoms with Crippen molar-refractivity contribution in [3.8, 4) is 5.75 Å². The van der Waals surface area contributed by atoms with Gasteiger partial charge in [-0.2, -0.15) is 0 Å². The molecule has 0 spiro atoms. The summed E-state index contributed by atoms with van der Waals surface area (Å²) in [5.74, 6) is -5.96. The molecule has 36 heavy (non-hydrogen) atoms. The monoisotopic (exact) mass is 510 g/mol. The summed E-state index contributed by atoms with van der Waals surface area (Å²) in [6.45, 7) is 4.68. The highest BCUT2D eigenvalue weighted by molar-refractivity contribution is 5.95. The zero-order valence-electron chi connectivity index (χ0n) is 20.3. The van der Waals surface area contributed by atoms with Crippen LogP contribution in [0.1, 0.15) is 39.2 Å². The number of carbonyl (C=O) groups excluding carboxylic acids is 3. The zero-order valence-corrected chi connectivity index (χ0v) is 20.3. The van der Waals surface area contributed by atoms with Gasteiger partial charge in [-0.3, -0.25) is 19.2 Å². The molecule has 0 heterocycles. The molecule has 0 aliphatic heterocycles. The van der Waals surface area contributed by atoms with Crippen molar-refractivity contribution in [3.05, 3.63) is 29.8 Å². The van der Waals surface area contributed by atoms with E-state index in [0.717, 1.165) is 0 Å². The van der Waals surface area contributed by atoms with Crippen molar-refractivity contribution < 1.29 is 44.4 Å². The molecule has 6 unspecified atom stereocenters. The SMILES string of the molecule is CCC(C)C(N)C(=O)NC(CC(=O)O)C(=O)NC(C(=O)NC(Cc1ccc(O)cc1)C(=O)O)C(C)O. The molecule has 0 saturated heterocycles. The number of phenolic OH excluding ortho intramolecular Hbond substituents is 1. The van der Waals surface area contributed by atoms with Crippen LogP contribution in [0.3, 0.4) is 0 Å². The van der Waals surface area contributed by atoms with E-state index in [9.17, 15) is 39.3 Å². The van der Waals surface area contributed by atoms with Crippen molar-refractivity contribution in [1.82, 2.24) is 16.0 Å². The summed E-state index contributed by atoms with van der Waals surface area (Å²) in [7, 11) is 0. The van der Waals surface area contributed by atoms with E-state index in [-0.39, 0.29) is 18.1 Å². The van der Waals surface area contributed by atoms with Gasteiger partial charge in [0, 0.05) is 6.42 Å². The minimum absolute atomic E-state index is 0.0281. The van der Waals surface area contributed by atoms with Gasteiger partial charge >= 0.3 is 11.9 Å². The van der Waals surface area contributed by atoms with Crippen LogP contribution in [0.25, 0.3) is 0 Å². The van der Waals surface area contributed by atoms with E-state index in [1.807, 2.05) is 0 Å². The highest BCUT2D eigenvalue weighted by Crippen LogP contribution is 2.12. The molecule has 1 aromatic rings. The highest BCUT2D eigenvalue weighted by atomic mass is 16.4. The molecule has 13 heteroatoms. The number of rotatable bonds is 14. The Morgan fingerprint density at radius 3 is 1.92 bits per heavy atom. The van der Waals surface area contributed by atoms with Gasteiger partial charge in [-0.15, -0.1) is 0 Å². The van der Waals surface area contributed by atoms with E-state index in [0.29, 0.717) is 12.0 Å². The lowest BCUT2D eigenvalue weighted by Gasteiger charge is -2.26. The summed E-state index contributed by atoms with van der Waals surface area (Å²) < 4.78 is 0. The number of aromatic hydroxyl groups is 1. The third-order valence-electron chi connectivity index (χ3n) is 5.62. The van der Waals surface area contributed by atoms with Crippen LogP contribution < -0.4 is 21.7 Å². The Balaban J connectivity index is 2.99. The van der Waals surface area contributed by atoms with Crippen LogP contribution in [0.2, 0.25) is 0 Å². The fourth-order valence-electron chi connectivity index (χ4n) is 3.15. The van der Waals surface area contributed by atoms with Crippen LogP contribution in [0.5, 0.6) is 5.75 Å². The molecule has 0 saturated carbocycles. The predicted octanol–water partition coefficient (Wildman–Crippen LogP) is -1.30. The van der Waals surface area contributed by atoms with Gasteiger partial charge < -0.3 is 42.1 Å². The molecule has 0 aliphatic carbocycles. The van der Waals surface area contributed by atoms with Gasteiger partial charge in [0.1, 0.15) is 23.9 Å². The number of nitrogens with two attached hydrogens (primary N) is 1. The first-order valence-electron chi connectivity index (χ1n) is 11.3. The molecular weight excluding hydrogens is 476 g/mol. The minimum atomic E-state index is -1.66. The van der Waals surface area contributed by atoms with E-state index in [2.05, 4.69) is 16.0 Å². The van der Waals surface area contributed by atoms with Crippen molar-refractivity contribution >= 4 is 29.7 Å². The topological polar surface area (TPSA) is 228 Å². The number of benzene rings is 1. The zero-order chi connectivity index (χ0) is 27.6. The number of amides is 3. The molecule has 1 aromatic carbocycles. The van der Waals surface area contributed by atoms with E-state index >= 15 is 0 Å². The second-order valence-corrected chi connectivity index (χ2v) is 8.57. The fraction of sp³-hybridized carbons (Fsp3) is 0.522. The smallest absolute Gasteiger partial charge is 0.326 e. The molecular formula is C23H34N4O9. The Hall–Kier alpha value is -3.71. The van der Waals surface area contributed by atoms with Gasteiger partial charge in [0.25, 0.3) is 0 Å². The molecule has 0 aliphatic rings. The maximum absolute atomic E-state index is 12.8. The second kappa shape index (κ2) is 14.0. The molecule has 0 fully saturated rings. The van der Waals surface area contributed by atoms with Gasteiger partial charge in [-0.25, -0.2) is 4.79 Å². The summed E-state index contributed by atoms with van der Waals surface area (Å²) in [6.07, 6.45) is -1.92. The average molecular weight is 511 g/mol. The van der Waals surface area contributed by atoms with Crippen molar-refractivity contribution in [2.75, 3.05) is 0 Å². The van der Waals surface area contributed by atoms with Crippen LogP contribution in [0, 0.1) is 5.92 Å². The van der Waals surface area contributed by atoms with E-state index in [1.54, 1.807) is 13.8 Å². The number of aliphatic carboxylic acids is 2. The van der Waals surface area contributed by atoms with Gasteiger partial charge in [0.15, 0.2) is 0 Å². The quantitative estimate of drug-likeness (QED) is 0.147. The molecule has 6 atom stereocenters. The van der Waals surface area contributed by atoms with E-state index in [1.165, 1.54) is 31.2 Å². The Morgan fingerprint density at radius 1 is 0.889 bits per heavy atom. The van der Waals surface area contributed by atoms with Gasteiger partial charge in [0.05, 0.1) is 18.6 Å². The Morgan fingerprint density at radius 2 is 1.44 bits per heavy atom. The number of carboxylic acid groups (broad SMARTS) is 2. The Kier molecular flexibility index (Phi) is 11.8. The van der Waals surface area contributed by atoms with Crippen LogP contribution >= 0.6 is 0 Å². The van der Waals surface area contributed by atoms with E-state index < -0.39 is 66.4 Å². The molecule has 0 radical (unpaired) electrons. The summed E-state index contributed by atoms with van der Waals surface area (Å²) in [5, 5.41) is 44.8. The summed E-state index contributed by atoms with van der Waals surface area (Å²) in [5.41, 5.74) is 6.32. The first kappa shape index (κ1) is 30.3. The van der Waals surface area contributed by atoms with Crippen LogP contribution in [-0.2, 0) is 30.4 Å². The average Bonchev–Trinajstić information content (AvgIpc) is 2.80. The van der Waals surface area contributed by atoms with Crippen LogP contribution in [-0.4, -0.2) is 80.4 Å². The first-order valence-corrected chi connectivity index (χ1v) is 11.3. The van der Waals surface area contributed by atoms with Crippen LogP contribution in [0.4, 0.5) is 0 Å². The number of aliphatic hydroxyl groups excluding tert-OH is 1. The number of nitrogens with one attached hydrogen (secondary N) is 3. The Bertz CT molecular complexity index is 936. The van der Waals surface area contributed by atoms with Gasteiger partial charge in [-0.05, 0) is 30.5 Å². The van der Waals surface area contributed by atoms with Crippen molar-refractivity contribution in [3.63, 3.8) is 0 Å². The summed E-state index contributed by atoms with van der Waals surface area (Å²) >= 11 is 0. The highest BCUT2D eigenvalue weighted by Gasteiger charge is 2.34. The fourth-order valence-corrected chi connectivity index (χ4v) is 3.15. The molecule has 9 N–H and O–H groups in total. The number of carbonyl (C=O) groups is 5. The second-order valence-electron chi connectivity index (χ2n) is 8.57. The molecule has 3 amide bonds. The lowest BCUT2D eigenvalue weighted by atomic mass is 9.99. The minimum Gasteiger partial charge on any atom is -0.508 e. The van der Waals surface area contributed by atoms with Gasteiger partial charge in [-0.1, -0.05) is 32.4 Å². The third-order valence-corrected chi connectivity index (χ3v) is 5.62. The number of phenols is 1. The molecule has 200 valence electrons. The lowest BCUT2D eigenvalue weighted by molar-refractivity contribution is -0.144. The van der Waals surface area contributed by atoms with Crippen molar-refractivity contribution in [2.45, 2.75) is 70.3 Å². The number of hydrogen-bond acceptors (Lipinski definition) is 8. The molecule has 0 aromatic heterocycles. The maximum atomic E-state index is 12.8. The first-order chi connectivity index (χ1) is 16.8.